The number of nitrogens with zero attached hydrogens (tertiary/aromatic N) is 1. The van der Waals surface area contributed by atoms with Crippen molar-refractivity contribution in [3.8, 4) is 0 Å². The Labute approximate surface area is 224 Å². The molecular weight excluding hydrogens is 529 g/mol. The van der Waals surface area contributed by atoms with Crippen LogP contribution in [0.3, 0.4) is 0 Å². The summed E-state index contributed by atoms with van der Waals surface area (Å²) in [6.45, 7) is 4.55. The maximum atomic E-state index is 12.5. The quantitative estimate of drug-likeness (QED) is 0.361. The van der Waals surface area contributed by atoms with E-state index in [1.165, 1.54) is 25.0 Å². The average molecular weight is 567 g/mol. The van der Waals surface area contributed by atoms with Crippen LogP contribution in [0.2, 0.25) is 0 Å². The summed E-state index contributed by atoms with van der Waals surface area (Å²) in [4.78, 5) is 2.11. The van der Waals surface area contributed by atoms with Crippen LogP contribution in [0.25, 0.3) is 0 Å². The molecule has 2 saturated heterocycles. The first-order valence-electron chi connectivity index (χ1n) is 13.1. The maximum Gasteiger partial charge on any atom is 0.416 e. The number of hydrogen-bond acceptors (Lipinski definition) is 4. The van der Waals surface area contributed by atoms with Crippen LogP contribution < -0.4 is 10.2 Å². The number of halogens is 7. The normalized spacial score (nSPS) is 17.1. The van der Waals surface area contributed by atoms with E-state index in [2.05, 4.69) is 10.2 Å². The van der Waals surface area contributed by atoms with E-state index in [0.29, 0.717) is 24.7 Å². The second-order valence-corrected chi connectivity index (χ2v) is 9.70. The number of nitrogens with one attached hydrogen (secondary N) is 1. The van der Waals surface area contributed by atoms with Gasteiger partial charge in [-0.15, -0.1) is 0 Å². The zero-order chi connectivity index (χ0) is 28.9. The Hall–Kier alpha value is -2.37. The zero-order valence-electron chi connectivity index (χ0n) is 21.7. The number of alkyl halides is 6. The van der Waals surface area contributed by atoms with Crippen LogP contribution in [-0.4, -0.2) is 49.6 Å². The lowest BCUT2D eigenvalue weighted by Gasteiger charge is -2.33. The highest BCUT2D eigenvalue weighted by Crippen LogP contribution is 2.32. The lowest BCUT2D eigenvalue weighted by molar-refractivity contribution is -0.138. The van der Waals surface area contributed by atoms with Gasteiger partial charge in [-0.05, 0) is 112 Å². The van der Waals surface area contributed by atoms with E-state index in [9.17, 15) is 30.7 Å². The average Bonchev–Trinajstić information content (AvgIpc) is 2.90. The number of rotatable bonds is 5. The van der Waals surface area contributed by atoms with E-state index in [0.717, 1.165) is 87.7 Å². The number of piperidine rings is 2. The van der Waals surface area contributed by atoms with Crippen molar-refractivity contribution in [2.45, 2.75) is 50.9 Å². The van der Waals surface area contributed by atoms with Gasteiger partial charge in [0.2, 0.25) is 0 Å². The molecule has 2 aliphatic rings. The second kappa shape index (κ2) is 16.0. The van der Waals surface area contributed by atoms with Crippen LogP contribution >= 0.6 is 0 Å². The molecule has 0 bridgehead atoms. The topological polar surface area (TPSA) is 55.7 Å². The van der Waals surface area contributed by atoms with Crippen molar-refractivity contribution >= 4 is 5.69 Å². The fourth-order valence-electron chi connectivity index (χ4n) is 4.52. The molecule has 0 amide bonds. The van der Waals surface area contributed by atoms with Crippen LogP contribution in [0.4, 0.5) is 36.4 Å². The molecule has 0 aliphatic carbocycles. The molecule has 2 aromatic carbocycles. The highest BCUT2D eigenvalue weighted by molar-refractivity contribution is 5.48. The summed E-state index contributed by atoms with van der Waals surface area (Å²) in [7, 11) is 0. The van der Waals surface area contributed by atoms with Gasteiger partial charge in [0.05, 0.1) is 11.1 Å². The van der Waals surface area contributed by atoms with Gasteiger partial charge >= 0.3 is 12.4 Å². The molecule has 0 radical (unpaired) electrons. The van der Waals surface area contributed by atoms with Gasteiger partial charge in [0, 0.05) is 32.0 Å². The minimum absolute atomic E-state index is 0.213. The SMILES string of the molecule is Fc1ccc(C(F)(F)F)cc1.OCCC1CCN(c2ccc(C(F)(F)F)cc2)CC1.OCCC1CCNCC1. The molecule has 2 heterocycles. The van der Waals surface area contributed by atoms with Gasteiger partial charge in [-0.1, -0.05) is 0 Å². The van der Waals surface area contributed by atoms with Gasteiger partial charge in [-0.25, -0.2) is 4.39 Å². The second-order valence-electron chi connectivity index (χ2n) is 9.70. The van der Waals surface area contributed by atoms with Crippen molar-refractivity contribution in [3.05, 3.63) is 65.5 Å². The molecule has 4 rings (SSSR count). The molecule has 0 saturated carbocycles. The molecule has 0 atom stereocenters. The third-order valence-corrected chi connectivity index (χ3v) is 6.88. The maximum absolute atomic E-state index is 12.5. The minimum Gasteiger partial charge on any atom is -0.396 e. The van der Waals surface area contributed by atoms with Gasteiger partial charge < -0.3 is 20.4 Å². The van der Waals surface area contributed by atoms with Gasteiger partial charge in [-0.3, -0.25) is 0 Å². The van der Waals surface area contributed by atoms with Crippen molar-refractivity contribution in [2.24, 2.45) is 11.8 Å². The first-order chi connectivity index (χ1) is 18.4. The van der Waals surface area contributed by atoms with Crippen molar-refractivity contribution in [1.82, 2.24) is 5.32 Å². The zero-order valence-corrected chi connectivity index (χ0v) is 21.7. The summed E-state index contributed by atoms with van der Waals surface area (Å²) >= 11 is 0. The van der Waals surface area contributed by atoms with E-state index >= 15 is 0 Å². The number of anilines is 1. The highest BCUT2D eigenvalue weighted by atomic mass is 19.4. The summed E-state index contributed by atoms with van der Waals surface area (Å²) in [5.74, 6) is 0.657. The molecule has 2 fully saturated rings. The number of aliphatic hydroxyl groups is 2. The molecular formula is C28H37F7N2O2. The third kappa shape index (κ3) is 12.1. The molecule has 220 valence electrons. The minimum atomic E-state index is -4.38. The Balaban J connectivity index is 0.000000226. The smallest absolute Gasteiger partial charge is 0.396 e. The van der Waals surface area contributed by atoms with Gasteiger partial charge in [0.25, 0.3) is 0 Å². The predicted molar refractivity (Wildman–Crippen MR) is 137 cm³/mol. The van der Waals surface area contributed by atoms with E-state index < -0.39 is 29.3 Å². The van der Waals surface area contributed by atoms with E-state index in [4.69, 9.17) is 10.2 Å². The fraction of sp³-hybridized carbons (Fsp3) is 0.571. The monoisotopic (exact) mass is 566 g/mol. The summed E-state index contributed by atoms with van der Waals surface area (Å²) in [6, 6.07) is 8.31. The van der Waals surface area contributed by atoms with Gasteiger partial charge in [0.15, 0.2) is 0 Å². The first-order valence-corrected chi connectivity index (χ1v) is 13.1. The van der Waals surface area contributed by atoms with Crippen molar-refractivity contribution in [3.63, 3.8) is 0 Å². The van der Waals surface area contributed by atoms with Crippen LogP contribution in [0.1, 0.15) is 49.7 Å². The summed E-state index contributed by atoms with van der Waals surface area (Å²) in [5, 5.41) is 20.8. The largest absolute Gasteiger partial charge is 0.416 e. The van der Waals surface area contributed by atoms with Crippen LogP contribution in [-0.2, 0) is 12.4 Å². The molecule has 2 aliphatic heterocycles. The van der Waals surface area contributed by atoms with Crippen molar-refractivity contribution in [2.75, 3.05) is 44.3 Å². The molecule has 0 aromatic heterocycles. The summed E-state index contributed by atoms with van der Waals surface area (Å²) in [6.07, 6.45) is -2.35. The molecule has 2 aromatic rings. The summed E-state index contributed by atoms with van der Waals surface area (Å²) in [5.41, 5.74) is -0.597. The van der Waals surface area contributed by atoms with Crippen LogP contribution in [0.15, 0.2) is 48.5 Å². The first kappa shape index (κ1) is 32.8. The van der Waals surface area contributed by atoms with Gasteiger partial charge in [0.1, 0.15) is 5.82 Å². The Kier molecular flexibility index (Phi) is 13.5. The summed E-state index contributed by atoms with van der Waals surface area (Å²) < 4.78 is 84.9. The number of hydrogen-bond donors (Lipinski definition) is 3. The van der Waals surface area contributed by atoms with Crippen LogP contribution in [0.5, 0.6) is 0 Å². The Morgan fingerprint density at radius 2 is 1.08 bits per heavy atom. The predicted octanol–water partition coefficient (Wildman–Crippen LogP) is 6.52. The van der Waals surface area contributed by atoms with E-state index in [-0.39, 0.29) is 6.61 Å². The molecule has 3 N–H and O–H groups in total. The standard InChI is InChI=1S/C14H18F3NO.C7H4F4.C7H15NO/c15-14(16,17)12-1-3-13(4-2-12)18-8-5-11(6-9-18)7-10-19;8-6-3-1-5(2-4-6)7(9,10)11;9-6-3-7-1-4-8-5-2-7/h1-4,11,19H,5-10H2;1-4H;7-9H,1-6H2. The lowest BCUT2D eigenvalue weighted by atomic mass is 9.93. The van der Waals surface area contributed by atoms with E-state index in [1.807, 2.05) is 0 Å². The number of aliphatic hydroxyl groups excluding tert-OH is 2. The van der Waals surface area contributed by atoms with E-state index in [1.54, 1.807) is 0 Å². The molecule has 0 spiro atoms. The molecule has 0 unspecified atom stereocenters. The molecule has 39 heavy (non-hydrogen) atoms. The lowest BCUT2D eigenvalue weighted by Crippen LogP contribution is -2.33. The Morgan fingerprint density at radius 1 is 0.667 bits per heavy atom. The van der Waals surface area contributed by atoms with Gasteiger partial charge in [-0.2, -0.15) is 26.3 Å². The fourth-order valence-corrected chi connectivity index (χ4v) is 4.52. The molecule has 11 heteroatoms. The third-order valence-electron chi connectivity index (χ3n) is 6.88. The molecule has 4 nitrogen and oxygen atoms in total. The van der Waals surface area contributed by atoms with Crippen LogP contribution in [0, 0.1) is 17.7 Å². The van der Waals surface area contributed by atoms with Crippen molar-refractivity contribution in [1.29, 1.82) is 0 Å². The Bertz CT molecular complexity index is 918. The van der Waals surface area contributed by atoms with Crippen molar-refractivity contribution < 1.29 is 40.9 Å². The Morgan fingerprint density at radius 3 is 1.49 bits per heavy atom. The highest BCUT2D eigenvalue weighted by Gasteiger charge is 2.31. The number of benzene rings is 2.